The molecule has 0 spiro atoms. The van der Waals surface area contributed by atoms with Crippen molar-refractivity contribution in [3.05, 3.63) is 59.7 Å². The van der Waals surface area contributed by atoms with Gasteiger partial charge in [-0.2, -0.15) is 0 Å². The SMILES string of the molecule is C#CC[C@H](NC(=O)[C@H](CC(C)C)NC(=O)[C@H](CC(C)C)NC(=O)[C@H](CC(C)C)NC(=O)OCC1c2ccccc2-c2ccccc21)C(=O)O. The van der Waals surface area contributed by atoms with Crippen LogP contribution in [0.25, 0.3) is 11.1 Å². The summed E-state index contributed by atoms with van der Waals surface area (Å²) < 4.78 is 5.69. The third-order valence-electron chi connectivity index (χ3n) is 8.28. The molecule has 0 aromatic heterocycles. The molecule has 4 atom stereocenters. The molecule has 11 heteroatoms. The van der Waals surface area contributed by atoms with Gasteiger partial charge in [0.2, 0.25) is 17.7 Å². The Hall–Kier alpha value is -4.85. The van der Waals surface area contributed by atoms with Crippen molar-refractivity contribution < 1.29 is 33.8 Å². The summed E-state index contributed by atoms with van der Waals surface area (Å²) in [6.07, 6.45) is 5.06. The van der Waals surface area contributed by atoms with E-state index in [4.69, 9.17) is 11.2 Å². The van der Waals surface area contributed by atoms with Gasteiger partial charge < -0.3 is 31.1 Å². The van der Waals surface area contributed by atoms with Gasteiger partial charge in [0.25, 0.3) is 0 Å². The fourth-order valence-corrected chi connectivity index (χ4v) is 6.03. The Morgan fingerprint density at radius 3 is 1.45 bits per heavy atom. The summed E-state index contributed by atoms with van der Waals surface area (Å²) in [5, 5.41) is 20.1. The van der Waals surface area contributed by atoms with Crippen molar-refractivity contribution in [1.82, 2.24) is 21.3 Å². The Morgan fingerprint density at radius 2 is 1.06 bits per heavy atom. The molecule has 0 fully saturated rings. The smallest absolute Gasteiger partial charge is 0.407 e. The predicted molar refractivity (Wildman–Crippen MR) is 187 cm³/mol. The van der Waals surface area contributed by atoms with Gasteiger partial charge in [0, 0.05) is 12.3 Å². The van der Waals surface area contributed by atoms with E-state index in [1.54, 1.807) is 0 Å². The second-order valence-corrected chi connectivity index (χ2v) is 13.8. The van der Waals surface area contributed by atoms with Gasteiger partial charge in [-0.3, -0.25) is 14.4 Å². The molecule has 5 N–H and O–H groups in total. The summed E-state index contributed by atoms with van der Waals surface area (Å²) in [5.74, 6) is -1.07. The van der Waals surface area contributed by atoms with Crippen LogP contribution in [0.2, 0.25) is 0 Å². The molecule has 49 heavy (non-hydrogen) atoms. The van der Waals surface area contributed by atoms with Crippen molar-refractivity contribution in [2.75, 3.05) is 6.61 Å². The molecule has 0 unspecified atom stereocenters. The Morgan fingerprint density at radius 1 is 0.673 bits per heavy atom. The van der Waals surface area contributed by atoms with E-state index in [9.17, 15) is 29.1 Å². The van der Waals surface area contributed by atoms with Crippen molar-refractivity contribution in [2.24, 2.45) is 17.8 Å². The first-order valence-corrected chi connectivity index (χ1v) is 16.9. The molecule has 0 aliphatic heterocycles. The van der Waals surface area contributed by atoms with Gasteiger partial charge >= 0.3 is 12.1 Å². The van der Waals surface area contributed by atoms with Gasteiger partial charge in [0.05, 0.1) is 0 Å². The highest BCUT2D eigenvalue weighted by Crippen LogP contribution is 2.44. The highest BCUT2D eigenvalue weighted by Gasteiger charge is 2.33. The number of amides is 4. The number of aliphatic carboxylic acids is 1. The van der Waals surface area contributed by atoms with Crippen LogP contribution < -0.4 is 21.3 Å². The van der Waals surface area contributed by atoms with Crippen LogP contribution in [0.4, 0.5) is 4.79 Å². The van der Waals surface area contributed by atoms with Crippen LogP contribution in [-0.4, -0.2) is 65.7 Å². The largest absolute Gasteiger partial charge is 0.480 e. The summed E-state index contributed by atoms with van der Waals surface area (Å²) >= 11 is 0. The van der Waals surface area contributed by atoms with Crippen LogP contribution in [0.15, 0.2) is 48.5 Å². The zero-order valence-corrected chi connectivity index (χ0v) is 29.2. The maximum Gasteiger partial charge on any atom is 0.407 e. The molecule has 264 valence electrons. The van der Waals surface area contributed by atoms with Crippen LogP contribution in [-0.2, 0) is 23.9 Å². The summed E-state index contributed by atoms with van der Waals surface area (Å²) in [4.78, 5) is 65.1. The highest BCUT2D eigenvalue weighted by molar-refractivity contribution is 5.94. The molecule has 4 amide bonds. The third kappa shape index (κ3) is 11.1. The van der Waals surface area contributed by atoms with Crippen molar-refractivity contribution in [1.29, 1.82) is 0 Å². The summed E-state index contributed by atoms with van der Waals surface area (Å²) in [6, 6.07) is 11.6. The van der Waals surface area contributed by atoms with E-state index in [2.05, 4.69) is 27.2 Å². The molecule has 1 aliphatic rings. The molecule has 0 saturated carbocycles. The summed E-state index contributed by atoms with van der Waals surface area (Å²) in [7, 11) is 0. The van der Waals surface area contributed by atoms with E-state index in [0.29, 0.717) is 0 Å². The Balaban J connectivity index is 1.71. The third-order valence-corrected chi connectivity index (χ3v) is 8.28. The van der Waals surface area contributed by atoms with Crippen LogP contribution >= 0.6 is 0 Å². The van der Waals surface area contributed by atoms with Crippen LogP contribution in [0, 0.1) is 30.1 Å². The van der Waals surface area contributed by atoms with Gasteiger partial charge in [-0.05, 0) is 59.3 Å². The second kappa shape index (κ2) is 18.1. The first-order chi connectivity index (χ1) is 23.2. The number of hydrogen-bond donors (Lipinski definition) is 5. The zero-order valence-electron chi connectivity index (χ0n) is 29.2. The first kappa shape index (κ1) is 38.6. The molecule has 0 saturated heterocycles. The number of fused-ring (bicyclic) bond motifs is 3. The molecule has 0 radical (unpaired) electrons. The maximum atomic E-state index is 13.7. The number of carbonyl (C=O) groups is 5. The topological polar surface area (TPSA) is 163 Å². The second-order valence-electron chi connectivity index (χ2n) is 13.8. The zero-order chi connectivity index (χ0) is 36.2. The Labute approximate surface area is 289 Å². The number of carbonyl (C=O) groups excluding carboxylic acids is 4. The fraction of sp³-hybridized carbons (Fsp3) is 0.500. The minimum absolute atomic E-state index is 0.0147. The molecule has 2 aromatic rings. The number of carboxylic acids is 1. The number of hydrogen-bond acceptors (Lipinski definition) is 6. The van der Waals surface area contributed by atoms with Gasteiger partial charge in [-0.25, -0.2) is 9.59 Å². The number of alkyl carbamates (subject to hydrolysis) is 1. The fourth-order valence-electron chi connectivity index (χ4n) is 6.03. The minimum Gasteiger partial charge on any atom is -0.480 e. The number of nitrogens with one attached hydrogen (secondary N) is 4. The molecular weight excluding hydrogens is 624 g/mol. The predicted octanol–water partition coefficient (Wildman–Crippen LogP) is 4.59. The molecule has 11 nitrogen and oxygen atoms in total. The quantitative estimate of drug-likeness (QED) is 0.153. The minimum atomic E-state index is -1.31. The van der Waals surface area contributed by atoms with E-state index in [1.165, 1.54) is 0 Å². The number of carboxylic acid groups (broad SMARTS) is 1. The molecule has 1 aliphatic carbocycles. The van der Waals surface area contributed by atoms with E-state index in [-0.39, 0.29) is 56.0 Å². The Kier molecular flexibility index (Phi) is 14.2. The van der Waals surface area contributed by atoms with E-state index in [1.807, 2.05) is 90.1 Å². The number of terminal acetylenes is 1. The van der Waals surface area contributed by atoms with Gasteiger partial charge in [0.1, 0.15) is 30.8 Å². The van der Waals surface area contributed by atoms with Crippen LogP contribution in [0.1, 0.15) is 84.3 Å². The van der Waals surface area contributed by atoms with E-state index >= 15 is 0 Å². The van der Waals surface area contributed by atoms with Crippen molar-refractivity contribution in [2.45, 2.75) is 97.3 Å². The average Bonchev–Trinajstić information content (AvgIpc) is 3.35. The monoisotopic (exact) mass is 674 g/mol. The first-order valence-electron chi connectivity index (χ1n) is 16.9. The van der Waals surface area contributed by atoms with Crippen molar-refractivity contribution in [3.63, 3.8) is 0 Å². The lowest BCUT2D eigenvalue weighted by atomic mass is 9.98. The normalized spacial score (nSPS) is 14.5. The maximum absolute atomic E-state index is 13.7. The van der Waals surface area contributed by atoms with Gasteiger partial charge in [-0.15, -0.1) is 12.3 Å². The number of ether oxygens (including phenoxy) is 1. The van der Waals surface area contributed by atoms with Gasteiger partial charge in [-0.1, -0.05) is 90.1 Å². The van der Waals surface area contributed by atoms with E-state index in [0.717, 1.165) is 22.3 Å². The lowest BCUT2D eigenvalue weighted by molar-refractivity contribution is -0.142. The van der Waals surface area contributed by atoms with Crippen LogP contribution in [0.3, 0.4) is 0 Å². The van der Waals surface area contributed by atoms with E-state index < -0.39 is 54.0 Å². The lowest BCUT2D eigenvalue weighted by Gasteiger charge is -2.27. The molecule has 3 rings (SSSR count). The van der Waals surface area contributed by atoms with Gasteiger partial charge in [0.15, 0.2) is 0 Å². The molecule has 2 aromatic carbocycles. The number of benzene rings is 2. The summed E-state index contributed by atoms with van der Waals surface area (Å²) in [5.41, 5.74) is 4.33. The highest BCUT2D eigenvalue weighted by atomic mass is 16.5. The average molecular weight is 675 g/mol. The lowest BCUT2D eigenvalue weighted by Crippen LogP contribution is -2.58. The van der Waals surface area contributed by atoms with Crippen LogP contribution in [0.5, 0.6) is 0 Å². The summed E-state index contributed by atoms with van der Waals surface area (Å²) in [6.45, 7) is 11.4. The number of rotatable bonds is 17. The Bertz CT molecular complexity index is 1480. The van der Waals surface area contributed by atoms with Crippen molar-refractivity contribution >= 4 is 29.8 Å². The van der Waals surface area contributed by atoms with Crippen molar-refractivity contribution in [3.8, 4) is 23.5 Å². The standard InChI is InChI=1S/C38H50N4O7/c1-8-13-30(37(46)47)39-34(43)31(18-22(2)3)40-35(44)32(19-23(4)5)41-36(45)33(20-24(6)7)42-38(48)49-21-29-27-16-11-9-14-25(27)26-15-10-12-17-28(26)29/h1,9-12,14-17,22-24,29-33H,13,18-21H2,2-7H3,(H,39,43)(H,40,44)(H,41,45)(H,42,48)(H,46,47)/t30-,31-,32-,33-/m0/s1. The molecule has 0 bridgehead atoms. The molecular formula is C38H50N4O7. The molecule has 0 heterocycles.